The minimum Gasteiger partial charge on any atom is -0.464 e. The van der Waals surface area contributed by atoms with E-state index in [4.69, 9.17) is 0 Å². The van der Waals surface area contributed by atoms with Crippen LogP contribution >= 0.6 is 0 Å². The molecular weight excluding hydrogens is 158 g/mol. The molecule has 4 nitrogen and oxygen atoms in total. The van der Waals surface area contributed by atoms with Gasteiger partial charge in [0, 0.05) is 15.3 Å². The van der Waals surface area contributed by atoms with Crippen LogP contribution in [-0.4, -0.2) is 25.0 Å². The van der Waals surface area contributed by atoms with Crippen molar-refractivity contribution in [2.75, 3.05) is 13.2 Å². The molecule has 74 valence electrons. The number of amides is 1. The fourth-order valence-corrected chi connectivity index (χ4v) is 0.422. The maximum atomic E-state index is 10.2. The molecule has 0 bridgehead atoms. The Bertz CT molecular complexity index is 123. The largest absolute Gasteiger partial charge is 0.464 e. The molecule has 0 atom stereocenters. The summed E-state index contributed by atoms with van der Waals surface area (Å²) in [5.74, 6) is -0.447. The molecule has 0 unspecified atom stereocenters. The van der Waals surface area contributed by atoms with Crippen LogP contribution in [0.3, 0.4) is 0 Å². The van der Waals surface area contributed by atoms with Crippen molar-refractivity contribution in [3.05, 3.63) is 0 Å². The molecule has 0 heterocycles. The van der Waals surface area contributed by atoms with Crippen molar-refractivity contribution in [2.24, 2.45) is 0 Å². The van der Waals surface area contributed by atoms with Crippen molar-refractivity contribution in [3.63, 3.8) is 0 Å². The smallest absolute Gasteiger partial charge is 0.302 e. The normalized spacial score (nSPS) is 7.67. The standard InChI is InChI=1S/C6H11NO3.C2H6.H2/c1-5(8)7-3-4-10-6(2)9;1-2;/h3-4H2,1-2H3,(H,7,8);1-2H3;1H. The Balaban J connectivity index is -0.000000309. The van der Waals surface area contributed by atoms with Gasteiger partial charge in [0.25, 0.3) is 0 Å². The number of hydrogen-bond acceptors (Lipinski definition) is 3. The monoisotopic (exact) mass is 177 g/mol. The van der Waals surface area contributed by atoms with Crippen molar-refractivity contribution >= 4 is 11.9 Å². The van der Waals surface area contributed by atoms with Gasteiger partial charge in [0.1, 0.15) is 6.61 Å². The van der Waals surface area contributed by atoms with E-state index in [0.29, 0.717) is 6.54 Å². The summed E-state index contributed by atoms with van der Waals surface area (Å²) in [6.45, 7) is 7.37. The second-order valence-corrected chi connectivity index (χ2v) is 1.82. The predicted molar refractivity (Wildman–Crippen MR) is 48.8 cm³/mol. The second kappa shape index (κ2) is 9.94. The molecule has 1 amide bonds. The lowest BCUT2D eigenvalue weighted by molar-refractivity contribution is -0.141. The summed E-state index contributed by atoms with van der Waals surface area (Å²) in [5.41, 5.74) is 0. The quantitative estimate of drug-likeness (QED) is 0.516. The molecule has 0 radical (unpaired) electrons. The van der Waals surface area contributed by atoms with Crippen LogP contribution in [0, 0.1) is 0 Å². The number of hydrogen-bond donors (Lipinski definition) is 1. The molecule has 0 aromatic rings. The third-order valence-corrected chi connectivity index (χ3v) is 0.781. The van der Waals surface area contributed by atoms with Gasteiger partial charge in [-0.3, -0.25) is 9.59 Å². The molecule has 0 saturated heterocycles. The highest BCUT2D eigenvalue weighted by Crippen LogP contribution is 1.73. The Labute approximate surface area is 74.8 Å². The van der Waals surface area contributed by atoms with Crippen LogP contribution in [-0.2, 0) is 14.3 Å². The zero-order valence-corrected chi connectivity index (χ0v) is 8.14. The molecular formula is C8H19NO3. The van der Waals surface area contributed by atoms with Crippen molar-refractivity contribution in [2.45, 2.75) is 27.7 Å². The lowest BCUT2D eigenvalue weighted by atomic mass is 10.6. The highest BCUT2D eigenvalue weighted by molar-refractivity contribution is 5.72. The van der Waals surface area contributed by atoms with Crippen LogP contribution < -0.4 is 5.32 Å². The summed E-state index contributed by atoms with van der Waals surface area (Å²) in [4.78, 5) is 20.4. The maximum absolute atomic E-state index is 10.2. The van der Waals surface area contributed by atoms with Gasteiger partial charge in [-0.15, -0.1) is 0 Å². The van der Waals surface area contributed by atoms with E-state index in [1.165, 1.54) is 13.8 Å². The minimum atomic E-state index is -0.328. The van der Waals surface area contributed by atoms with E-state index in [0.717, 1.165) is 0 Å². The van der Waals surface area contributed by atoms with Crippen LogP contribution in [0.15, 0.2) is 0 Å². The first-order valence-corrected chi connectivity index (χ1v) is 4.00. The van der Waals surface area contributed by atoms with Crippen molar-refractivity contribution in [3.8, 4) is 0 Å². The van der Waals surface area contributed by atoms with Gasteiger partial charge >= 0.3 is 5.97 Å². The SMILES string of the molecule is CC.CC(=O)NCCOC(C)=O.[HH]. The molecule has 4 heteroatoms. The molecule has 0 aromatic carbocycles. The Morgan fingerprint density at radius 2 is 1.83 bits per heavy atom. The number of rotatable bonds is 3. The average Bonchev–Trinajstić information content (AvgIpc) is 2.02. The molecule has 1 N–H and O–H groups in total. The van der Waals surface area contributed by atoms with Gasteiger partial charge < -0.3 is 10.1 Å². The van der Waals surface area contributed by atoms with Crippen LogP contribution in [0.4, 0.5) is 0 Å². The van der Waals surface area contributed by atoms with E-state index in [1.807, 2.05) is 13.8 Å². The fourth-order valence-electron chi connectivity index (χ4n) is 0.422. The third kappa shape index (κ3) is 16.0. The first-order valence-electron chi connectivity index (χ1n) is 4.00. The number of esters is 1. The van der Waals surface area contributed by atoms with Gasteiger partial charge in [0.05, 0.1) is 6.54 Å². The molecule has 0 spiro atoms. The van der Waals surface area contributed by atoms with Gasteiger partial charge in [-0.05, 0) is 0 Å². The lowest BCUT2D eigenvalue weighted by Crippen LogP contribution is -2.24. The molecule has 0 aromatic heterocycles. The van der Waals surface area contributed by atoms with Crippen molar-refractivity contribution in [1.29, 1.82) is 0 Å². The fraction of sp³-hybridized carbons (Fsp3) is 0.750. The van der Waals surface area contributed by atoms with Crippen LogP contribution in [0.2, 0.25) is 0 Å². The molecule has 0 aliphatic heterocycles. The van der Waals surface area contributed by atoms with E-state index < -0.39 is 0 Å². The highest BCUT2D eigenvalue weighted by Gasteiger charge is 1.92. The Hall–Kier alpha value is -1.06. The van der Waals surface area contributed by atoms with E-state index >= 15 is 0 Å². The van der Waals surface area contributed by atoms with Gasteiger partial charge in [0.2, 0.25) is 5.91 Å². The van der Waals surface area contributed by atoms with Gasteiger partial charge in [-0.2, -0.15) is 0 Å². The molecule has 0 saturated carbocycles. The van der Waals surface area contributed by atoms with E-state index in [2.05, 4.69) is 10.1 Å². The Morgan fingerprint density at radius 3 is 2.17 bits per heavy atom. The molecule has 0 aliphatic carbocycles. The summed E-state index contributed by atoms with van der Waals surface area (Å²) in [6, 6.07) is 0. The van der Waals surface area contributed by atoms with Gasteiger partial charge in [0.15, 0.2) is 0 Å². The van der Waals surface area contributed by atoms with Gasteiger partial charge in [-0.1, -0.05) is 13.8 Å². The summed E-state index contributed by atoms with van der Waals surface area (Å²) in [6.07, 6.45) is 0. The van der Waals surface area contributed by atoms with Crippen LogP contribution in [0.1, 0.15) is 29.1 Å². The Kier molecular flexibility index (Phi) is 11.2. The first-order chi connectivity index (χ1) is 5.63. The number of carbonyl (C=O) groups is 2. The summed E-state index contributed by atoms with van der Waals surface area (Å²) in [7, 11) is 0. The Morgan fingerprint density at radius 1 is 1.33 bits per heavy atom. The van der Waals surface area contributed by atoms with E-state index in [9.17, 15) is 9.59 Å². The zero-order valence-electron chi connectivity index (χ0n) is 8.14. The number of ether oxygens (including phenoxy) is 1. The third-order valence-electron chi connectivity index (χ3n) is 0.781. The molecule has 0 fully saturated rings. The van der Waals surface area contributed by atoms with Crippen LogP contribution in [0.5, 0.6) is 0 Å². The predicted octanol–water partition coefficient (Wildman–Crippen LogP) is 0.958. The number of carbonyl (C=O) groups excluding carboxylic acids is 2. The molecule has 0 aliphatic rings. The van der Waals surface area contributed by atoms with Crippen LogP contribution in [0.25, 0.3) is 0 Å². The topological polar surface area (TPSA) is 55.4 Å². The lowest BCUT2D eigenvalue weighted by Gasteiger charge is -2.00. The number of nitrogens with one attached hydrogen (secondary N) is 1. The molecule has 12 heavy (non-hydrogen) atoms. The van der Waals surface area contributed by atoms with E-state index in [-0.39, 0.29) is 19.9 Å². The summed E-state index contributed by atoms with van der Waals surface area (Å²) >= 11 is 0. The zero-order chi connectivity index (χ0) is 9.98. The second-order valence-electron chi connectivity index (χ2n) is 1.82. The first kappa shape index (κ1) is 13.5. The molecule has 0 rings (SSSR count). The summed E-state index contributed by atoms with van der Waals surface area (Å²) < 4.78 is 4.54. The minimum absolute atomic E-state index is 0. The van der Waals surface area contributed by atoms with Crippen molar-refractivity contribution in [1.82, 2.24) is 5.32 Å². The van der Waals surface area contributed by atoms with E-state index in [1.54, 1.807) is 0 Å². The summed E-state index contributed by atoms with van der Waals surface area (Å²) in [5, 5.41) is 2.48. The average molecular weight is 177 g/mol. The maximum Gasteiger partial charge on any atom is 0.302 e. The van der Waals surface area contributed by atoms with Gasteiger partial charge in [-0.25, -0.2) is 0 Å². The van der Waals surface area contributed by atoms with Crippen molar-refractivity contribution < 1.29 is 15.8 Å². The highest BCUT2D eigenvalue weighted by atomic mass is 16.5.